The lowest BCUT2D eigenvalue weighted by Crippen LogP contribution is -2.15. The zero-order valence-electron chi connectivity index (χ0n) is 9.24. The number of amides is 1. The molecule has 0 spiro atoms. The lowest BCUT2D eigenvalue weighted by molar-refractivity contribution is -0.117. The van der Waals surface area contributed by atoms with Crippen LogP contribution in [0.1, 0.15) is 23.7 Å². The van der Waals surface area contributed by atoms with Crippen molar-refractivity contribution >= 4 is 33.5 Å². The van der Waals surface area contributed by atoms with E-state index in [9.17, 15) is 9.59 Å². The standard InChI is InChI=1S/C12H12BrNO3/c1-6-4-8(6)11(15)14-10-5-7(12(16)17)2-3-9(10)13/h2-3,5-6,8H,4H2,1H3,(H,14,15)(H,16,17). The van der Waals surface area contributed by atoms with Crippen molar-refractivity contribution in [2.45, 2.75) is 13.3 Å². The van der Waals surface area contributed by atoms with E-state index in [4.69, 9.17) is 5.11 Å². The predicted octanol–water partition coefficient (Wildman–Crippen LogP) is 2.74. The minimum atomic E-state index is -1.01. The average molecular weight is 298 g/mol. The lowest BCUT2D eigenvalue weighted by atomic mass is 10.2. The summed E-state index contributed by atoms with van der Waals surface area (Å²) >= 11 is 3.29. The van der Waals surface area contributed by atoms with E-state index in [-0.39, 0.29) is 17.4 Å². The van der Waals surface area contributed by atoms with Crippen LogP contribution in [0.3, 0.4) is 0 Å². The van der Waals surface area contributed by atoms with Crippen molar-refractivity contribution in [3.63, 3.8) is 0 Å². The molecule has 1 amide bonds. The number of nitrogens with one attached hydrogen (secondary N) is 1. The normalized spacial score (nSPS) is 22.0. The van der Waals surface area contributed by atoms with Crippen LogP contribution in [0.25, 0.3) is 0 Å². The highest BCUT2D eigenvalue weighted by atomic mass is 79.9. The van der Waals surface area contributed by atoms with Crippen molar-refractivity contribution in [2.24, 2.45) is 11.8 Å². The highest BCUT2D eigenvalue weighted by Crippen LogP contribution is 2.39. The maximum absolute atomic E-state index is 11.7. The van der Waals surface area contributed by atoms with Gasteiger partial charge in [0.1, 0.15) is 0 Å². The molecule has 1 aromatic rings. The zero-order chi connectivity index (χ0) is 12.6. The zero-order valence-corrected chi connectivity index (χ0v) is 10.8. The fourth-order valence-electron chi connectivity index (χ4n) is 1.67. The van der Waals surface area contributed by atoms with Crippen molar-refractivity contribution in [3.05, 3.63) is 28.2 Å². The molecular formula is C12H12BrNO3. The van der Waals surface area contributed by atoms with E-state index in [1.165, 1.54) is 12.1 Å². The van der Waals surface area contributed by atoms with Gasteiger partial charge in [0, 0.05) is 10.4 Å². The van der Waals surface area contributed by atoms with Gasteiger partial charge in [0.25, 0.3) is 0 Å². The molecule has 4 nitrogen and oxygen atoms in total. The molecule has 0 aliphatic heterocycles. The van der Waals surface area contributed by atoms with Crippen LogP contribution < -0.4 is 5.32 Å². The summed E-state index contributed by atoms with van der Waals surface area (Å²) < 4.78 is 0.684. The van der Waals surface area contributed by atoms with Gasteiger partial charge in [-0.25, -0.2) is 4.79 Å². The molecule has 2 atom stereocenters. The largest absolute Gasteiger partial charge is 0.478 e. The number of halogens is 1. The van der Waals surface area contributed by atoms with Gasteiger partial charge < -0.3 is 10.4 Å². The number of carbonyl (C=O) groups excluding carboxylic acids is 1. The summed E-state index contributed by atoms with van der Waals surface area (Å²) in [5.74, 6) is -0.555. The number of rotatable bonds is 3. The summed E-state index contributed by atoms with van der Waals surface area (Å²) in [7, 11) is 0. The van der Waals surface area contributed by atoms with E-state index in [1.54, 1.807) is 6.07 Å². The minimum absolute atomic E-state index is 0.0410. The fourth-order valence-corrected chi connectivity index (χ4v) is 2.01. The summed E-state index contributed by atoms with van der Waals surface area (Å²) in [6.07, 6.45) is 0.905. The van der Waals surface area contributed by atoms with Gasteiger partial charge in [-0.2, -0.15) is 0 Å². The second kappa shape index (κ2) is 4.49. The lowest BCUT2D eigenvalue weighted by Gasteiger charge is -2.07. The SMILES string of the molecule is CC1CC1C(=O)Nc1cc(C(=O)O)ccc1Br. The van der Waals surface area contributed by atoms with E-state index in [0.29, 0.717) is 16.1 Å². The first-order valence-corrected chi connectivity index (χ1v) is 6.12. The Bertz CT molecular complexity index is 487. The Hall–Kier alpha value is -1.36. The Kier molecular flexibility index (Phi) is 3.19. The third kappa shape index (κ3) is 2.66. The molecule has 0 bridgehead atoms. The van der Waals surface area contributed by atoms with Gasteiger partial charge in [-0.1, -0.05) is 6.92 Å². The second-order valence-corrected chi connectivity index (χ2v) is 5.16. The third-order valence-electron chi connectivity index (χ3n) is 2.92. The van der Waals surface area contributed by atoms with Gasteiger partial charge in [0.05, 0.1) is 11.3 Å². The number of benzene rings is 1. The van der Waals surface area contributed by atoms with Crippen molar-refractivity contribution in [2.75, 3.05) is 5.32 Å². The number of carbonyl (C=O) groups is 2. The molecule has 17 heavy (non-hydrogen) atoms. The minimum Gasteiger partial charge on any atom is -0.478 e. The van der Waals surface area contributed by atoms with Crippen molar-refractivity contribution in [3.8, 4) is 0 Å². The molecule has 1 saturated carbocycles. The van der Waals surface area contributed by atoms with Gasteiger partial charge in [-0.15, -0.1) is 0 Å². The molecule has 0 aromatic heterocycles. The summed E-state index contributed by atoms with van der Waals surface area (Å²) in [6.45, 7) is 2.02. The molecule has 0 heterocycles. The molecule has 0 radical (unpaired) electrons. The van der Waals surface area contributed by atoms with Gasteiger partial charge in [-0.05, 0) is 46.5 Å². The molecule has 1 aliphatic carbocycles. The van der Waals surface area contributed by atoms with E-state index >= 15 is 0 Å². The van der Waals surface area contributed by atoms with Crippen LogP contribution in [0.4, 0.5) is 5.69 Å². The molecule has 1 fully saturated rings. The van der Waals surface area contributed by atoms with Crippen molar-refractivity contribution in [1.82, 2.24) is 0 Å². The molecule has 0 saturated heterocycles. The number of carboxylic acids is 1. The van der Waals surface area contributed by atoms with Crippen LogP contribution >= 0.6 is 15.9 Å². The van der Waals surface area contributed by atoms with Crippen LogP contribution in [0.2, 0.25) is 0 Å². The molecule has 2 rings (SSSR count). The van der Waals surface area contributed by atoms with Crippen LogP contribution in [0.15, 0.2) is 22.7 Å². The number of carboxylic acid groups (broad SMARTS) is 1. The number of anilines is 1. The molecular weight excluding hydrogens is 286 g/mol. The van der Waals surface area contributed by atoms with Crippen molar-refractivity contribution in [1.29, 1.82) is 0 Å². The smallest absolute Gasteiger partial charge is 0.335 e. The summed E-state index contributed by atoms with van der Waals surface area (Å²) in [5.41, 5.74) is 0.668. The first kappa shape index (κ1) is 12.1. The van der Waals surface area contributed by atoms with Crippen LogP contribution in [0.5, 0.6) is 0 Å². The van der Waals surface area contributed by atoms with Crippen LogP contribution in [0, 0.1) is 11.8 Å². The Labute approximate surface area is 107 Å². The topological polar surface area (TPSA) is 66.4 Å². The molecule has 2 N–H and O–H groups in total. The highest BCUT2D eigenvalue weighted by molar-refractivity contribution is 9.10. The van der Waals surface area contributed by atoms with Crippen LogP contribution in [-0.2, 0) is 4.79 Å². The molecule has 2 unspecified atom stereocenters. The Morgan fingerprint density at radius 2 is 2.12 bits per heavy atom. The van der Waals surface area contributed by atoms with Gasteiger partial charge >= 0.3 is 5.97 Å². The highest BCUT2D eigenvalue weighted by Gasteiger charge is 2.39. The first-order valence-electron chi connectivity index (χ1n) is 5.32. The summed E-state index contributed by atoms with van der Waals surface area (Å²) in [5, 5.41) is 11.6. The van der Waals surface area contributed by atoms with Gasteiger partial charge in [0.15, 0.2) is 0 Å². The van der Waals surface area contributed by atoms with Gasteiger partial charge in [-0.3, -0.25) is 4.79 Å². The summed E-state index contributed by atoms with van der Waals surface area (Å²) in [4.78, 5) is 22.6. The Morgan fingerprint density at radius 1 is 1.47 bits per heavy atom. The first-order chi connectivity index (χ1) is 7.99. The van der Waals surface area contributed by atoms with E-state index < -0.39 is 5.97 Å². The quantitative estimate of drug-likeness (QED) is 0.901. The average Bonchev–Trinajstić information content (AvgIpc) is 2.98. The van der Waals surface area contributed by atoms with E-state index in [1.807, 2.05) is 6.92 Å². The summed E-state index contributed by atoms with van der Waals surface area (Å²) in [6, 6.07) is 4.56. The third-order valence-corrected chi connectivity index (χ3v) is 3.61. The maximum Gasteiger partial charge on any atom is 0.335 e. The predicted molar refractivity (Wildman–Crippen MR) is 67.0 cm³/mol. The molecule has 90 valence electrons. The van der Waals surface area contributed by atoms with Crippen LogP contribution in [-0.4, -0.2) is 17.0 Å². The van der Waals surface area contributed by atoms with E-state index in [0.717, 1.165) is 6.42 Å². The molecule has 5 heteroatoms. The van der Waals surface area contributed by atoms with E-state index in [2.05, 4.69) is 21.2 Å². The monoisotopic (exact) mass is 297 g/mol. The van der Waals surface area contributed by atoms with Crippen molar-refractivity contribution < 1.29 is 14.7 Å². The number of aromatic carboxylic acids is 1. The Balaban J connectivity index is 2.16. The molecule has 1 aromatic carbocycles. The fraction of sp³-hybridized carbons (Fsp3) is 0.333. The number of hydrogen-bond acceptors (Lipinski definition) is 2. The number of hydrogen-bond donors (Lipinski definition) is 2. The molecule has 1 aliphatic rings. The Morgan fingerprint density at radius 3 is 2.65 bits per heavy atom. The maximum atomic E-state index is 11.7. The van der Waals surface area contributed by atoms with Gasteiger partial charge in [0.2, 0.25) is 5.91 Å². The second-order valence-electron chi connectivity index (χ2n) is 4.31.